The lowest BCUT2D eigenvalue weighted by atomic mass is 9.88. The Morgan fingerprint density at radius 3 is 2.79 bits per heavy atom. The van der Waals surface area contributed by atoms with Crippen molar-refractivity contribution in [2.75, 3.05) is 26.2 Å². The highest BCUT2D eigenvalue weighted by molar-refractivity contribution is 5.85. The van der Waals surface area contributed by atoms with E-state index in [0.717, 1.165) is 19.3 Å². The molecule has 0 spiro atoms. The summed E-state index contributed by atoms with van der Waals surface area (Å²) < 4.78 is 0. The van der Waals surface area contributed by atoms with Crippen LogP contribution in [0.5, 0.6) is 0 Å². The minimum Gasteiger partial charge on any atom is -0.354 e. The van der Waals surface area contributed by atoms with Crippen molar-refractivity contribution in [3.63, 3.8) is 0 Å². The molecule has 110 valence electrons. The van der Waals surface area contributed by atoms with E-state index in [9.17, 15) is 9.59 Å². The topological polar surface area (TPSA) is 75.4 Å². The van der Waals surface area contributed by atoms with Crippen LogP contribution in [-0.2, 0) is 9.59 Å². The average molecular weight is 269 g/mol. The SMILES string of the molecule is CC(C)C(CCN)CCC(=O)N1CCCNC(=O)C1. The molecule has 2 amide bonds. The summed E-state index contributed by atoms with van der Waals surface area (Å²) in [5.41, 5.74) is 5.61. The smallest absolute Gasteiger partial charge is 0.239 e. The number of nitrogens with two attached hydrogens (primary N) is 1. The Balaban J connectivity index is 2.42. The van der Waals surface area contributed by atoms with Crippen LogP contribution in [0, 0.1) is 11.8 Å². The van der Waals surface area contributed by atoms with Crippen molar-refractivity contribution in [3.8, 4) is 0 Å². The fraction of sp³-hybridized carbons (Fsp3) is 0.857. The first-order valence-corrected chi connectivity index (χ1v) is 7.29. The van der Waals surface area contributed by atoms with Gasteiger partial charge < -0.3 is 16.0 Å². The number of hydrogen-bond donors (Lipinski definition) is 2. The zero-order valence-corrected chi connectivity index (χ0v) is 12.2. The van der Waals surface area contributed by atoms with Crippen molar-refractivity contribution >= 4 is 11.8 Å². The van der Waals surface area contributed by atoms with Gasteiger partial charge in [0.15, 0.2) is 0 Å². The van der Waals surface area contributed by atoms with Gasteiger partial charge >= 0.3 is 0 Å². The second-order valence-electron chi connectivity index (χ2n) is 5.64. The summed E-state index contributed by atoms with van der Waals surface area (Å²) in [5.74, 6) is 1.09. The molecule has 3 N–H and O–H groups in total. The van der Waals surface area contributed by atoms with Crippen LogP contribution in [0.2, 0.25) is 0 Å². The second-order valence-corrected chi connectivity index (χ2v) is 5.64. The van der Waals surface area contributed by atoms with Crippen LogP contribution in [0.4, 0.5) is 0 Å². The summed E-state index contributed by atoms with van der Waals surface area (Å²) in [6.45, 7) is 6.57. The summed E-state index contributed by atoms with van der Waals surface area (Å²) in [5, 5.41) is 2.78. The van der Waals surface area contributed by atoms with Crippen LogP contribution >= 0.6 is 0 Å². The van der Waals surface area contributed by atoms with Crippen molar-refractivity contribution in [1.29, 1.82) is 0 Å². The van der Waals surface area contributed by atoms with Gasteiger partial charge in [-0.3, -0.25) is 9.59 Å². The third-order valence-corrected chi connectivity index (χ3v) is 3.82. The van der Waals surface area contributed by atoms with Gasteiger partial charge in [-0.2, -0.15) is 0 Å². The summed E-state index contributed by atoms with van der Waals surface area (Å²) in [6, 6.07) is 0. The zero-order valence-electron chi connectivity index (χ0n) is 12.2. The van der Waals surface area contributed by atoms with Crippen LogP contribution in [-0.4, -0.2) is 42.9 Å². The van der Waals surface area contributed by atoms with Crippen LogP contribution < -0.4 is 11.1 Å². The first kappa shape index (κ1) is 16.0. The van der Waals surface area contributed by atoms with E-state index in [2.05, 4.69) is 19.2 Å². The predicted octanol–water partition coefficient (Wildman–Crippen LogP) is 0.736. The largest absolute Gasteiger partial charge is 0.354 e. The van der Waals surface area contributed by atoms with Gasteiger partial charge in [0.2, 0.25) is 11.8 Å². The monoisotopic (exact) mass is 269 g/mol. The summed E-state index contributed by atoms with van der Waals surface area (Å²) in [4.78, 5) is 25.3. The van der Waals surface area contributed by atoms with E-state index >= 15 is 0 Å². The molecule has 5 nitrogen and oxygen atoms in total. The maximum Gasteiger partial charge on any atom is 0.239 e. The summed E-state index contributed by atoms with van der Waals surface area (Å²) in [7, 11) is 0. The fourth-order valence-electron chi connectivity index (χ4n) is 2.51. The molecule has 0 bridgehead atoms. The second kappa shape index (κ2) is 8.15. The van der Waals surface area contributed by atoms with Crippen LogP contribution in [0.3, 0.4) is 0 Å². The van der Waals surface area contributed by atoms with Gasteiger partial charge in [0.1, 0.15) is 0 Å². The molecule has 1 heterocycles. The molecular weight excluding hydrogens is 242 g/mol. The summed E-state index contributed by atoms with van der Waals surface area (Å²) in [6.07, 6.45) is 3.20. The first-order valence-electron chi connectivity index (χ1n) is 7.29. The number of rotatable bonds is 6. The number of nitrogens with one attached hydrogen (secondary N) is 1. The summed E-state index contributed by atoms with van der Waals surface area (Å²) >= 11 is 0. The molecule has 0 aromatic heterocycles. The van der Waals surface area contributed by atoms with E-state index in [1.54, 1.807) is 4.90 Å². The van der Waals surface area contributed by atoms with Gasteiger partial charge in [0.25, 0.3) is 0 Å². The number of amides is 2. The Hall–Kier alpha value is -1.10. The number of carbonyl (C=O) groups is 2. The molecule has 0 aromatic carbocycles. The molecule has 1 rings (SSSR count). The molecule has 1 aliphatic rings. The van der Waals surface area contributed by atoms with Gasteiger partial charge in [0, 0.05) is 19.5 Å². The van der Waals surface area contributed by atoms with E-state index in [1.165, 1.54) is 0 Å². The molecular formula is C14H27N3O2. The van der Waals surface area contributed by atoms with E-state index in [1.807, 2.05) is 0 Å². The van der Waals surface area contributed by atoms with Gasteiger partial charge in [-0.15, -0.1) is 0 Å². The molecule has 19 heavy (non-hydrogen) atoms. The highest BCUT2D eigenvalue weighted by atomic mass is 16.2. The number of hydrogen-bond acceptors (Lipinski definition) is 3. The van der Waals surface area contributed by atoms with Gasteiger partial charge in [-0.05, 0) is 37.6 Å². The van der Waals surface area contributed by atoms with Gasteiger partial charge in [-0.25, -0.2) is 0 Å². The Bertz CT molecular complexity index is 305. The van der Waals surface area contributed by atoms with Crippen molar-refractivity contribution in [3.05, 3.63) is 0 Å². The highest BCUT2D eigenvalue weighted by Gasteiger charge is 2.21. The molecule has 1 saturated heterocycles. The molecule has 5 heteroatoms. The molecule has 1 aliphatic heterocycles. The Morgan fingerprint density at radius 1 is 1.42 bits per heavy atom. The van der Waals surface area contributed by atoms with E-state index in [-0.39, 0.29) is 18.4 Å². The molecule has 0 radical (unpaired) electrons. The normalized spacial score (nSPS) is 18.1. The van der Waals surface area contributed by atoms with Crippen LogP contribution in [0.1, 0.15) is 39.5 Å². The first-order chi connectivity index (χ1) is 9.04. The fourth-order valence-corrected chi connectivity index (χ4v) is 2.51. The third-order valence-electron chi connectivity index (χ3n) is 3.82. The standard InChI is InChI=1S/C14H27N3O2/c1-11(2)12(6-7-15)4-5-14(19)17-9-3-8-16-13(18)10-17/h11-12H,3-10,15H2,1-2H3,(H,16,18). The third kappa shape index (κ3) is 5.59. The zero-order chi connectivity index (χ0) is 14.3. The van der Waals surface area contributed by atoms with Crippen molar-refractivity contribution in [1.82, 2.24) is 10.2 Å². The minimum atomic E-state index is -0.0479. The Kier molecular flexibility index (Phi) is 6.84. The Labute approximate surface area is 115 Å². The van der Waals surface area contributed by atoms with E-state index in [4.69, 9.17) is 5.73 Å². The predicted molar refractivity (Wildman–Crippen MR) is 75.4 cm³/mol. The maximum absolute atomic E-state index is 12.1. The van der Waals surface area contributed by atoms with Crippen molar-refractivity contribution in [2.45, 2.75) is 39.5 Å². The van der Waals surface area contributed by atoms with Crippen molar-refractivity contribution < 1.29 is 9.59 Å². The van der Waals surface area contributed by atoms with Crippen LogP contribution in [0.15, 0.2) is 0 Å². The lowest BCUT2D eigenvalue weighted by Gasteiger charge is -2.23. The van der Waals surface area contributed by atoms with E-state index in [0.29, 0.717) is 37.9 Å². The molecule has 0 aliphatic carbocycles. The maximum atomic E-state index is 12.1. The molecule has 1 unspecified atom stereocenters. The molecule has 0 aromatic rings. The van der Waals surface area contributed by atoms with Gasteiger partial charge in [-0.1, -0.05) is 13.8 Å². The Morgan fingerprint density at radius 2 is 2.16 bits per heavy atom. The highest BCUT2D eigenvalue weighted by Crippen LogP contribution is 2.21. The lowest BCUT2D eigenvalue weighted by molar-refractivity contribution is -0.135. The molecule has 1 fully saturated rings. The molecule has 1 atom stereocenters. The average Bonchev–Trinajstić information content (AvgIpc) is 2.58. The molecule has 0 saturated carbocycles. The van der Waals surface area contributed by atoms with E-state index < -0.39 is 0 Å². The minimum absolute atomic E-state index is 0.0479. The van der Waals surface area contributed by atoms with Crippen LogP contribution in [0.25, 0.3) is 0 Å². The van der Waals surface area contributed by atoms with Gasteiger partial charge in [0.05, 0.1) is 6.54 Å². The quantitative estimate of drug-likeness (QED) is 0.746. The number of nitrogens with zero attached hydrogens (tertiary/aromatic N) is 1. The lowest BCUT2D eigenvalue weighted by Crippen LogP contribution is -2.37. The van der Waals surface area contributed by atoms with Crippen molar-refractivity contribution in [2.24, 2.45) is 17.6 Å². The number of carbonyl (C=O) groups excluding carboxylic acids is 2.